The van der Waals surface area contributed by atoms with Gasteiger partial charge in [0.2, 0.25) is 5.82 Å². The molecule has 1 saturated heterocycles. The summed E-state index contributed by atoms with van der Waals surface area (Å²) in [6.07, 6.45) is 0. The Morgan fingerprint density at radius 1 is 1.59 bits per heavy atom. The number of hydrogen-bond donors (Lipinski definition) is 1. The van der Waals surface area contributed by atoms with Gasteiger partial charge in [-0.2, -0.15) is 4.39 Å². The summed E-state index contributed by atoms with van der Waals surface area (Å²) in [6, 6.07) is 4.17. The van der Waals surface area contributed by atoms with Crippen LogP contribution in [0.3, 0.4) is 0 Å². The molecule has 1 unspecified atom stereocenters. The largest absolute Gasteiger partial charge is 0.314 e. The van der Waals surface area contributed by atoms with Crippen LogP contribution in [0, 0.1) is 15.9 Å². The molecule has 1 atom stereocenters. The molecule has 1 aliphatic heterocycles. The van der Waals surface area contributed by atoms with Gasteiger partial charge in [-0.05, 0) is 7.05 Å². The number of nitro groups is 1. The van der Waals surface area contributed by atoms with Crippen molar-refractivity contribution in [2.75, 3.05) is 26.7 Å². The van der Waals surface area contributed by atoms with Crippen molar-refractivity contribution in [1.29, 1.82) is 0 Å². The molecule has 0 spiro atoms. The van der Waals surface area contributed by atoms with Gasteiger partial charge >= 0.3 is 5.69 Å². The molecule has 1 aromatic carbocycles. The molecule has 0 saturated carbocycles. The Hall–Kier alpha value is -1.53. The van der Waals surface area contributed by atoms with Gasteiger partial charge in [-0.1, -0.05) is 12.1 Å². The van der Waals surface area contributed by atoms with Gasteiger partial charge < -0.3 is 5.32 Å². The second-order valence-electron chi connectivity index (χ2n) is 4.14. The second-order valence-corrected chi connectivity index (χ2v) is 4.14. The van der Waals surface area contributed by atoms with E-state index in [1.165, 1.54) is 12.1 Å². The lowest BCUT2D eigenvalue weighted by molar-refractivity contribution is -0.387. The smallest absolute Gasteiger partial charge is 0.305 e. The number of rotatable bonds is 2. The van der Waals surface area contributed by atoms with Gasteiger partial charge in [0.25, 0.3) is 0 Å². The standard InChI is InChI=1S/C11H14FN3O2/c1-14-6-5-13-7-10(14)8-3-2-4-9(11(8)12)15(16)17/h2-4,10,13H,5-7H2,1H3. The van der Waals surface area contributed by atoms with Gasteiger partial charge in [0.1, 0.15) is 0 Å². The highest BCUT2D eigenvalue weighted by molar-refractivity contribution is 5.38. The molecule has 1 heterocycles. The Morgan fingerprint density at radius 3 is 3.00 bits per heavy atom. The van der Waals surface area contributed by atoms with E-state index in [9.17, 15) is 14.5 Å². The monoisotopic (exact) mass is 239 g/mol. The van der Waals surface area contributed by atoms with E-state index in [0.717, 1.165) is 13.1 Å². The van der Waals surface area contributed by atoms with Crippen molar-refractivity contribution in [3.8, 4) is 0 Å². The Morgan fingerprint density at radius 2 is 2.35 bits per heavy atom. The zero-order valence-electron chi connectivity index (χ0n) is 9.52. The summed E-state index contributed by atoms with van der Waals surface area (Å²) in [7, 11) is 1.89. The fourth-order valence-corrected chi connectivity index (χ4v) is 2.09. The molecule has 0 aromatic heterocycles. The van der Waals surface area contributed by atoms with Crippen molar-refractivity contribution in [2.24, 2.45) is 0 Å². The minimum absolute atomic E-state index is 0.149. The van der Waals surface area contributed by atoms with E-state index >= 15 is 0 Å². The van der Waals surface area contributed by atoms with Crippen molar-refractivity contribution in [1.82, 2.24) is 10.2 Å². The maximum Gasteiger partial charge on any atom is 0.305 e. The van der Waals surface area contributed by atoms with E-state index in [2.05, 4.69) is 5.32 Å². The van der Waals surface area contributed by atoms with Crippen LogP contribution in [0.5, 0.6) is 0 Å². The molecule has 17 heavy (non-hydrogen) atoms. The first-order valence-corrected chi connectivity index (χ1v) is 5.45. The molecule has 92 valence electrons. The lowest BCUT2D eigenvalue weighted by Gasteiger charge is -2.33. The first-order valence-electron chi connectivity index (χ1n) is 5.45. The van der Waals surface area contributed by atoms with Gasteiger partial charge in [0, 0.05) is 31.3 Å². The Balaban J connectivity index is 2.38. The fourth-order valence-electron chi connectivity index (χ4n) is 2.09. The average molecular weight is 239 g/mol. The molecule has 1 fully saturated rings. The Kier molecular flexibility index (Phi) is 3.35. The number of halogens is 1. The fraction of sp³-hybridized carbons (Fsp3) is 0.455. The van der Waals surface area contributed by atoms with Gasteiger partial charge in [-0.15, -0.1) is 0 Å². The lowest BCUT2D eigenvalue weighted by atomic mass is 10.0. The van der Waals surface area contributed by atoms with Crippen molar-refractivity contribution >= 4 is 5.69 Å². The van der Waals surface area contributed by atoms with Crippen molar-refractivity contribution in [2.45, 2.75) is 6.04 Å². The number of benzene rings is 1. The number of nitrogens with zero attached hydrogens (tertiary/aromatic N) is 2. The van der Waals surface area contributed by atoms with Crippen LogP contribution in [0.15, 0.2) is 18.2 Å². The van der Waals surface area contributed by atoms with Crippen LogP contribution in [0.4, 0.5) is 10.1 Å². The summed E-state index contributed by atoms with van der Waals surface area (Å²) in [5.74, 6) is -0.724. The van der Waals surface area contributed by atoms with Crippen LogP contribution < -0.4 is 5.32 Å². The quantitative estimate of drug-likeness (QED) is 0.624. The molecular weight excluding hydrogens is 225 g/mol. The number of piperazine rings is 1. The molecule has 0 amide bonds. The Bertz CT molecular complexity index is 439. The molecule has 1 aliphatic rings. The SMILES string of the molecule is CN1CCNCC1c1cccc([N+](=O)[O-])c1F. The van der Waals surface area contributed by atoms with Crippen LogP contribution >= 0.6 is 0 Å². The van der Waals surface area contributed by atoms with Crippen molar-refractivity contribution < 1.29 is 9.31 Å². The molecule has 5 nitrogen and oxygen atoms in total. The summed E-state index contributed by atoms with van der Waals surface area (Å²) < 4.78 is 14.0. The predicted octanol–water partition coefficient (Wildman–Crippen LogP) is 1.31. The topological polar surface area (TPSA) is 58.4 Å². The van der Waals surface area contributed by atoms with E-state index in [1.807, 2.05) is 11.9 Å². The molecule has 1 aromatic rings. The maximum atomic E-state index is 14.0. The number of likely N-dealkylation sites (N-methyl/N-ethyl adjacent to an activating group) is 1. The third-order valence-corrected chi connectivity index (χ3v) is 3.07. The van der Waals surface area contributed by atoms with Crippen LogP contribution in [-0.4, -0.2) is 36.5 Å². The third-order valence-electron chi connectivity index (χ3n) is 3.07. The second kappa shape index (κ2) is 4.77. The van der Waals surface area contributed by atoms with E-state index in [0.29, 0.717) is 12.1 Å². The average Bonchev–Trinajstić information content (AvgIpc) is 2.30. The molecular formula is C11H14FN3O2. The minimum Gasteiger partial charge on any atom is -0.314 e. The van der Waals surface area contributed by atoms with E-state index < -0.39 is 16.4 Å². The van der Waals surface area contributed by atoms with Crippen LogP contribution in [-0.2, 0) is 0 Å². The normalized spacial score (nSPS) is 21.4. The minimum atomic E-state index is -0.724. The number of hydrogen-bond acceptors (Lipinski definition) is 4. The molecule has 2 rings (SSSR count). The zero-order chi connectivity index (χ0) is 12.4. The highest BCUT2D eigenvalue weighted by Gasteiger charge is 2.27. The first-order chi connectivity index (χ1) is 8.11. The molecule has 1 N–H and O–H groups in total. The number of nitrogens with one attached hydrogen (secondary N) is 1. The summed E-state index contributed by atoms with van der Waals surface area (Å²) in [6.45, 7) is 2.25. The van der Waals surface area contributed by atoms with Crippen LogP contribution in [0.2, 0.25) is 0 Å². The molecule has 0 aliphatic carbocycles. The predicted molar refractivity (Wildman–Crippen MR) is 61.3 cm³/mol. The molecule has 0 bridgehead atoms. The summed E-state index contributed by atoms with van der Waals surface area (Å²) >= 11 is 0. The van der Waals surface area contributed by atoms with E-state index in [4.69, 9.17) is 0 Å². The molecule has 0 radical (unpaired) electrons. The highest BCUT2D eigenvalue weighted by atomic mass is 19.1. The van der Waals surface area contributed by atoms with Crippen LogP contribution in [0.25, 0.3) is 0 Å². The Labute approximate surface area is 98.4 Å². The van der Waals surface area contributed by atoms with E-state index in [-0.39, 0.29) is 6.04 Å². The van der Waals surface area contributed by atoms with Crippen molar-refractivity contribution in [3.63, 3.8) is 0 Å². The van der Waals surface area contributed by atoms with Crippen LogP contribution in [0.1, 0.15) is 11.6 Å². The molecule has 6 heteroatoms. The zero-order valence-corrected chi connectivity index (χ0v) is 9.52. The van der Waals surface area contributed by atoms with Gasteiger partial charge in [0.15, 0.2) is 0 Å². The first kappa shape index (κ1) is 11.9. The van der Waals surface area contributed by atoms with E-state index in [1.54, 1.807) is 6.07 Å². The van der Waals surface area contributed by atoms with Gasteiger partial charge in [0.05, 0.1) is 11.0 Å². The maximum absolute atomic E-state index is 14.0. The van der Waals surface area contributed by atoms with Gasteiger partial charge in [-0.3, -0.25) is 15.0 Å². The summed E-state index contributed by atoms with van der Waals surface area (Å²) in [4.78, 5) is 12.0. The highest BCUT2D eigenvalue weighted by Crippen LogP contribution is 2.28. The third kappa shape index (κ3) is 2.27. The lowest BCUT2D eigenvalue weighted by Crippen LogP contribution is -2.44. The number of nitro benzene ring substituents is 1. The van der Waals surface area contributed by atoms with Crippen molar-refractivity contribution in [3.05, 3.63) is 39.7 Å². The van der Waals surface area contributed by atoms with Gasteiger partial charge in [-0.25, -0.2) is 0 Å². The summed E-state index contributed by atoms with van der Waals surface area (Å²) in [5, 5.41) is 13.8. The summed E-state index contributed by atoms with van der Waals surface area (Å²) in [5.41, 5.74) is -0.0737.